The largest absolute Gasteiger partial charge is 0.508 e. The zero-order valence-corrected chi connectivity index (χ0v) is 20.0. The number of hydrogen-bond donors (Lipinski definition) is 1. The Bertz CT molecular complexity index is 1340. The van der Waals surface area contributed by atoms with E-state index in [0.29, 0.717) is 13.2 Å². The number of aromatic hydroxyl groups is 1. The van der Waals surface area contributed by atoms with Gasteiger partial charge >= 0.3 is 0 Å². The summed E-state index contributed by atoms with van der Waals surface area (Å²) in [5.74, 6) is 1.21. The van der Waals surface area contributed by atoms with Crippen LogP contribution in [-0.2, 0) is 18.0 Å². The minimum absolute atomic E-state index is 0.286. The van der Waals surface area contributed by atoms with Crippen LogP contribution in [0.1, 0.15) is 30.4 Å². The SMILES string of the molecule is Oc1ccc2c3c(ccc2c1)-c1cccc(-c2ccc(OCCN4CCCCC4)cc2)c1COC3. The van der Waals surface area contributed by atoms with E-state index in [2.05, 4.69) is 59.5 Å². The van der Waals surface area contributed by atoms with Gasteiger partial charge < -0.3 is 14.6 Å². The van der Waals surface area contributed by atoms with Crippen molar-refractivity contribution < 1.29 is 14.6 Å². The zero-order valence-electron chi connectivity index (χ0n) is 20.0. The van der Waals surface area contributed by atoms with E-state index in [9.17, 15) is 5.11 Å². The highest BCUT2D eigenvalue weighted by Crippen LogP contribution is 2.40. The van der Waals surface area contributed by atoms with Crippen molar-refractivity contribution in [3.8, 4) is 33.8 Å². The molecule has 178 valence electrons. The number of rotatable bonds is 5. The fraction of sp³-hybridized carbons (Fsp3) is 0.290. The summed E-state index contributed by atoms with van der Waals surface area (Å²) >= 11 is 0. The maximum absolute atomic E-state index is 9.89. The Balaban J connectivity index is 1.26. The van der Waals surface area contributed by atoms with Crippen molar-refractivity contribution in [2.45, 2.75) is 32.5 Å². The molecular formula is C31H31NO3. The van der Waals surface area contributed by atoms with E-state index in [1.54, 1.807) is 6.07 Å². The molecule has 0 radical (unpaired) electrons. The van der Waals surface area contributed by atoms with Gasteiger partial charge in [-0.3, -0.25) is 4.90 Å². The Morgan fingerprint density at radius 1 is 0.771 bits per heavy atom. The standard InChI is InChI=1S/C31H31NO3/c33-24-10-14-27-23(19-24)9-13-29-28-6-4-5-26(30(28)20-34-21-31(27)29)22-7-11-25(12-8-22)35-18-17-32-15-2-1-3-16-32/h4-14,19,33H,1-3,15-18,20-21H2. The van der Waals surface area contributed by atoms with Gasteiger partial charge in [0.2, 0.25) is 0 Å². The lowest BCUT2D eigenvalue weighted by Gasteiger charge is -2.26. The smallest absolute Gasteiger partial charge is 0.119 e. The lowest BCUT2D eigenvalue weighted by Crippen LogP contribution is -2.33. The number of ether oxygens (including phenoxy) is 2. The van der Waals surface area contributed by atoms with Crippen molar-refractivity contribution in [3.05, 3.63) is 83.9 Å². The molecule has 1 saturated heterocycles. The Morgan fingerprint density at radius 2 is 1.54 bits per heavy atom. The molecule has 1 N–H and O–H groups in total. The second-order valence-electron chi connectivity index (χ2n) is 9.60. The number of hydrogen-bond acceptors (Lipinski definition) is 4. The molecule has 2 aliphatic heterocycles. The highest BCUT2D eigenvalue weighted by molar-refractivity contribution is 5.94. The molecule has 0 saturated carbocycles. The van der Waals surface area contributed by atoms with E-state index in [4.69, 9.17) is 9.47 Å². The normalized spacial score (nSPS) is 15.9. The topological polar surface area (TPSA) is 41.9 Å². The molecule has 1 fully saturated rings. The predicted molar refractivity (Wildman–Crippen MR) is 141 cm³/mol. The maximum Gasteiger partial charge on any atom is 0.119 e. The van der Waals surface area contributed by atoms with Crippen LogP contribution in [0.4, 0.5) is 0 Å². The average Bonchev–Trinajstić information content (AvgIpc) is 3.09. The molecule has 0 aromatic heterocycles. The van der Waals surface area contributed by atoms with Gasteiger partial charge in [-0.1, -0.05) is 55.0 Å². The summed E-state index contributed by atoms with van der Waals surface area (Å²) in [4.78, 5) is 2.50. The number of benzene rings is 4. The fourth-order valence-electron chi connectivity index (χ4n) is 5.52. The van der Waals surface area contributed by atoms with Crippen LogP contribution in [-0.4, -0.2) is 36.2 Å². The van der Waals surface area contributed by atoms with Crippen LogP contribution < -0.4 is 4.74 Å². The van der Waals surface area contributed by atoms with Gasteiger partial charge in [0.15, 0.2) is 0 Å². The monoisotopic (exact) mass is 465 g/mol. The molecule has 4 heteroatoms. The molecule has 6 rings (SSSR count). The van der Waals surface area contributed by atoms with E-state index in [1.807, 2.05) is 12.1 Å². The summed E-state index contributed by atoms with van der Waals surface area (Å²) < 4.78 is 12.2. The Kier molecular flexibility index (Phi) is 6.15. The molecule has 4 aromatic rings. The van der Waals surface area contributed by atoms with Gasteiger partial charge in [0.05, 0.1) is 13.2 Å². The molecule has 35 heavy (non-hydrogen) atoms. The summed E-state index contributed by atoms with van der Waals surface area (Å²) in [6.07, 6.45) is 3.98. The first kappa shape index (κ1) is 22.1. The Hall–Kier alpha value is -3.34. The van der Waals surface area contributed by atoms with Crippen molar-refractivity contribution in [1.29, 1.82) is 0 Å². The molecule has 2 aliphatic rings. The van der Waals surface area contributed by atoms with E-state index < -0.39 is 0 Å². The quantitative estimate of drug-likeness (QED) is 0.353. The van der Waals surface area contributed by atoms with Crippen molar-refractivity contribution in [2.24, 2.45) is 0 Å². The van der Waals surface area contributed by atoms with Crippen LogP contribution in [0.3, 0.4) is 0 Å². The molecule has 4 aromatic carbocycles. The third kappa shape index (κ3) is 4.52. The van der Waals surface area contributed by atoms with Crippen LogP contribution in [0.25, 0.3) is 33.0 Å². The number of likely N-dealkylation sites (tertiary alicyclic amines) is 1. The van der Waals surface area contributed by atoms with Crippen molar-refractivity contribution in [3.63, 3.8) is 0 Å². The van der Waals surface area contributed by atoms with Crippen molar-refractivity contribution in [2.75, 3.05) is 26.2 Å². The highest BCUT2D eigenvalue weighted by atomic mass is 16.5. The van der Waals surface area contributed by atoms with Crippen LogP contribution in [0.2, 0.25) is 0 Å². The zero-order chi connectivity index (χ0) is 23.6. The summed E-state index contributed by atoms with van der Waals surface area (Å²) in [5.41, 5.74) is 7.17. The van der Waals surface area contributed by atoms with Crippen molar-refractivity contribution in [1.82, 2.24) is 4.90 Å². The number of phenols is 1. The van der Waals surface area contributed by atoms with Crippen molar-refractivity contribution >= 4 is 10.8 Å². The lowest BCUT2D eigenvalue weighted by molar-refractivity contribution is 0.111. The number of piperidine rings is 1. The molecule has 0 aliphatic carbocycles. The summed E-state index contributed by atoms with van der Waals surface area (Å²) in [5, 5.41) is 12.1. The Labute approximate surface area is 206 Å². The van der Waals surface area contributed by atoms with E-state index >= 15 is 0 Å². The van der Waals surface area contributed by atoms with Gasteiger partial charge in [-0.25, -0.2) is 0 Å². The first-order valence-electron chi connectivity index (χ1n) is 12.7. The van der Waals surface area contributed by atoms with Gasteiger partial charge in [-0.2, -0.15) is 0 Å². The molecule has 0 bridgehead atoms. The Morgan fingerprint density at radius 3 is 2.40 bits per heavy atom. The minimum Gasteiger partial charge on any atom is -0.508 e. The highest BCUT2D eigenvalue weighted by Gasteiger charge is 2.20. The average molecular weight is 466 g/mol. The second kappa shape index (κ2) is 9.73. The van der Waals surface area contributed by atoms with E-state index in [-0.39, 0.29) is 5.75 Å². The summed E-state index contributed by atoms with van der Waals surface area (Å²) in [6.45, 7) is 5.24. The maximum atomic E-state index is 9.89. The van der Waals surface area contributed by atoms with E-state index in [1.165, 1.54) is 65.7 Å². The van der Waals surface area contributed by atoms with Crippen LogP contribution in [0.5, 0.6) is 11.5 Å². The molecule has 2 heterocycles. The molecule has 0 unspecified atom stereocenters. The third-order valence-electron chi connectivity index (χ3n) is 7.36. The van der Waals surface area contributed by atoms with Crippen LogP contribution in [0, 0.1) is 0 Å². The van der Waals surface area contributed by atoms with Crippen LogP contribution in [0.15, 0.2) is 72.8 Å². The first-order valence-corrected chi connectivity index (χ1v) is 12.7. The second-order valence-corrected chi connectivity index (χ2v) is 9.60. The first-order chi connectivity index (χ1) is 17.3. The molecular weight excluding hydrogens is 434 g/mol. The van der Waals surface area contributed by atoms with E-state index in [0.717, 1.165) is 29.7 Å². The lowest BCUT2D eigenvalue weighted by atomic mass is 9.89. The molecule has 0 amide bonds. The predicted octanol–water partition coefficient (Wildman–Crippen LogP) is 6.77. The number of nitrogens with zero attached hydrogens (tertiary/aromatic N) is 1. The summed E-state index contributed by atoms with van der Waals surface area (Å²) in [6, 6.07) is 24.8. The molecule has 0 atom stereocenters. The van der Waals surface area contributed by atoms with Crippen LogP contribution >= 0.6 is 0 Å². The van der Waals surface area contributed by atoms with Gasteiger partial charge in [-0.05, 0) is 94.3 Å². The van der Waals surface area contributed by atoms with Gasteiger partial charge in [0.1, 0.15) is 18.1 Å². The minimum atomic E-state index is 0.286. The van der Waals surface area contributed by atoms with Gasteiger partial charge in [0.25, 0.3) is 0 Å². The fourth-order valence-corrected chi connectivity index (χ4v) is 5.52. The van der Waals surface area contributed by atoms with Gasteiger partial charge in [0, 0.05) is 6.54 Å². The number of fused-ring (bicyclic) bond motifs is 5. The summed E-state index contributed by atoms with van der Waals surface area (Å²) in [7, 11) is 0. The molecule has 4 nitrogen and oxygen atoms in total. The van der Waals surface area contributed by atoms with Gasteiger partial charge in [-0.15, -0.1) is 0 Å². The third-order valence-corrected chi connectivity index (χ3v) is 7.36. The number of phenolic OH excluding ortho intramolecular Hbond substituents is 1. The molecule has 0 spiro atoms.